The van der Waals surface area contributed by atoms with E-state index in [-0.39, 0.29) is 5.91 Å². The summed E-state index contributed by atoms with van der Waals surface area (Å²) in [5, 5.41) is 2.87. The van der Waals surface area contributed by atoms with Crippen LogP contribution in [0.4, 0.5) is 0 Å². The van der Waals surface area contributed by atoms with E-state index in [1.54, 1.807) is 18.2 Å². The summed E-state index contributed by atoms with van der Waals surface area (Å²) in [6, 6.07) is 7.09. The predicted molar refractivity (Wildman–Crippen MR) is 69.9 cm³/mol. The molecule has 0 bridgehead atoms. The van der Waals surface area contributed by atoms with Crippen LogP contribution < -0.4 is 5.32 Å². The standard InChI is InChI=1S/C14H18N2O/c1-4-12-7-5-8-13(11-12)14(17)15-9-6-10-16(2)3/h1,5,7-8,11H,6,9-10H2,2-3H3,(H,15,17). The van der Waals surface area contributed by atoms with Gasteiger partial charge in [-0.2, -0.15) is 0 Å². The van der Waals surface area contributed by atoms with Crippen LogP contribution in [-0.2, 0) is 0 Å². The lowest BCUT2D eigenvalue weighted by Crippen LogP contribution is -2.27. The minimum atomic E-state index is -0.0687. The van der Waals surface area contributed by atoms with Crippen LogP contribution in [0.15, 0.2) is 24.3 Å². The molecule has 0 aliphatic carbocycles. The average molecular weight is 230 g/mol. The van der Waals surface area contributed by atoms with Gasteiger partial charge >= 0.3 is 0 Å². The van der Waals surface area contributed by atoms with Crippen molar-refractivity contribution < 1.29 is 4.79 Å². The van der Waals surface area contributed by atoms with E-state index in [0.29, 0.717) is 12.1 Å². The van der Waals surface area contributed by atoms with Crippen molar-refractivity contribution in [2.24, 2.45) is 0 Å². The van der Waals surface area contributed by atoms with Gasteiger partial charge in [-0.25, -0.2) is 0 Å². The third kappa shape index (κ3) is 4.71. The summed E-state index contributed by atoms with van der Waals surface area (Å²) in [5.41, 5.74) is 1.34. The fraction of sp³-hybridized carbons (Fsp3) is 0.357. The van der Waals surface area contributed by atoms with Gasteiger partial charge in [0.15, 0.2) is 0 Å². The molecule has 1 aromatic rings. The Balaban J connectivity index is 2.44. The molecular weight excluding hydrogens is 212 g/mol. The minimum Gasteiger partial charge on any atom is -0.352 e. The largest absolute Gasteiger partial charge is 0.352 e. The summed E-state index contributed by atoms with van der Waals surface area (Å²) in [7, 11) is 4.02. The van der Waals surface area contributed by atoms with Gasteiger partial charge in [0.25, 0.3) is 5.91 Å². The van der Waals surface area contributed by atoms with Gasteiger partial charge in [-0.3, -0.25) is 4.79 Å². The van der Waals surface area contributed by atoms with E-state index in [2.05, 4.69) is 16.1 Å². The Morgan fingerprint density at radius 3 is 2.88 bits per heavy atom. The van der Waals surface area contributed by atoms with Crippen molar-refractivity contribution in [3.05, 3.63) is 35.4 Å². The number of hydrogen-bond acceptors (Lipinski definition) is 2. The molecule has 0 unspecified atom stereocenters. The summed E-state index contributed by atoms with van der Waals surface area (Å²) >= 11 is 0. The second kappa shape index (κ2) is 6.72. The molecule has 0 heterocycles. The maximum Gasteiger partial charge on any atom is 0.251 e. The van der Waals surface area contributed by atoms with Crippen molar-refractivity contribution in [2.75, 3.05) is 27.2 Å². The van der Waals surface area contributed by atoms with E-state index in [1.165, 1.54) is 0 Å². The molecule has 0 radical (unpaired) electrons. The van der Waals surface area contributed by atoms with E-state index in [4.69, 9.17) is 6.42 Å². The zero-order valence-corrected chi connectivity index (χ0v) is 10.4. The van der Waals surface area contributed by atoms with Crippen LogP contribution in [0, 0.1) is 12.3 Å². The smallest absolute Gasteiger partial charge is 0.251 e. The Labute approximate surface area is 103 Å². The topological polar surface area (TPSA) is 32.3 Å². The lowest BCUT2D eigenvalue weighted by atomic mass is 10.1. The van der Waals surface area contributed by atoms with Gasteiger partial charge in [0, 0.05) is 17.7 Å². The second-order valence-electron chi connectivity index (χ2n) is 4.14. The SMILES string of the molecule is C#Cc1cccc(C(=O)NCCCN(C)C)c1. The van der Waals surface area contributed by atoms with Crippen molar-refractivity contribution in [2.45, 2.75) is 6.42 Å². The first kappa shape index (κ1) is 13.3. The van der Waals surface area contributed by atoms with E-state index in [9.17, 15) is 4.79 Å². The van der Waals surface area contributed by atoms with Gasteiger partial charge in [0.1, 0.15) is 0 Å². The highest BCUT2D eigenvalue weighted by Gasteiger charge is 2.04. The number of carbonyl (C=O) groups is 1. The fourth-order valence-electron chi connectivity index (χ4n) is 1.45. The van der Waals surface area contributed by atoms with Gasteiger partial charge in [-0.1, -0.05) is 12.0 Å². The Morgan fingerprint density at radius 2 is 2.24 bits per heavy atom. The minimum absolute atomic E-state index is 0.0687. The first-order valence-electron chi connectivity index (χ1n) is 5.63. The summed E-state index contributed by atoms with van der Waals surface area (Å²) < 4.78 is 0. The summed E-state index contributed by atoms with van der Waals surface area (Å²) in [6.07, 6.45) is 6.22. The lowest BCUT2D eigenvalue weighted by Gasteiger charge is -2.09. The Morgan fingerprint density at radius 1 is 1.47 bits per heavy atom. The third-order valence-corrected chi connectivity index (χ3v) is 2.36. The second-order valence-corrected chi connectivity index (χ2v) is 4.14. The Hall–Kier alpha value is -1.79. The van der Waals surface area contributed by atoms with Gasteiger partial charge in [0.2, 0.25) is 0 Å². The van der Waals surface area contributed by atoms with Crippen molar-refractivity contribution >= 4 is 5.91 Å². The molecule has 0 aliphatic rings. The predicted octanol–water partition coefficient (Wildman–Crippen LogP) is 1.35. The van der Waals surface area contributed by atoms with Crippen molar-refractivity contribution in [1.82, 2.24) is 10.2 Å². The number of nitrogens with one attached hydrogen (secondary N) is 1. The molecule has 3 nitrogen and oxygen atoms in total. The number of hydrogen-bond donors (Lipinski definition) is 1. The van der Waals surface area contributed by atoms with E-state index in [1.807, 2.05) is 20.2 Å². The van der Waals surface area contributed by atoms with Gasteiger partial charge in [-0.15, -0.1) is 6.42 Å². The highest BCUT2D eigenvalue weighted by Crippen LogP contribution is 2.03. The molecule has 90 valence electrons. The molecule has 1 rings (SSSR count). The summed E-state index contributed by atoms with van der Waals surface area (Å²) in [6.45, 7) is 1.64. The average Bonchev–Trinajstić information content (AvgIpc) is 2.34. The van der Waals surface area contributed by atoms with Crippen molar-refractivity contribution in [1.29, 1.82) is 0 Å². The number of carbonyl (C=O) groups excluding carboxylic acids is 1. The monoisotopic (exact) mass is 230 g/mol. The number of nitrogens with zero attached hydrogens (tertiary/aromatic N) is 1. The first-order chi connectivity index (χ1) is 8.13. The van der Waals surface area contributed by atoms with Crippen LogP contribution in [0.25, 0.3) is 0 Å². The molecule has 0 atom stereocenters. The molecule has 0 fully saturated rings. The van der Waals surface area contributed by atoms with Gasteiger partial charge < -0.3 is 10.2 Å². The van der Waals surface area contributed by atoms with E-state index >= 15 is 0 Å². The van der Waals surface area contributed by atoms with E-state index < -0.39 is 0 Å². The molecule has 1 amide bonds. The number of rotatable bonds is 5. The van der Waals surface area contributed by atoms with Crippen LogP contribution in [0.1, 0.15) is 22.3 Å². The molecule has 0 aliphatic heterocycles. The van der Waals surface area contributed by atoms with Gasteiger partial charge in [0.05, 0.1) is 0 Å². The summed E-state index contributed by atoms with van der Waals surface area (Å²) in [4.78, 5) is 13.9. The highest BCUT2D eigenvalue weighted by atomic mass is 16.1. The highest BCUT2D eigenvalue weighted by molar-refractivity contribution is 5.94. The quantitative estimate of drug-likeness (QED) is 0.611. The van der Waals surface area contributed by atoms with Crippen LogP contribution in [0.3, 0.4) is 0 Å². The molecule has 1 N–H and O–H groups in total. The lowest BCUT2D eigenvalue weighted by molar-refractivity contribution is 0.0952. The molecule has 17 heavy (non-hydrogen) atoms. The normalized spacial score (nSPS) is 10.0. The van der Waals surface area contributed by atoms with E-state index in [0.717, 1.165) is 18.5 Å². The Bertz CT molecular complexity index is 418. The zero-order valence-electron chi connectivity index (χ0n) is 10.4. The fourth-order valence-corrected chi connectivity index (χ4v) is 1.45. The molecule has 3 heteroatoms. The van der Waals surface area contributed by atoms with Gasteiger partial charge in [-0.05, 0) is 45.3 Å². The van der Waals surface area contributed by atoms with Crippen LogP contribution >= 0.6 is 0 Å². The third-order valence-electron chi connectivity index (χ3n) is 2.36. The molecule has 0 saturated heterocycles. The number of amides is 1. The molecular formula is C14H18N2O. The van der Waals surface area contributed by atoms with Crippen LogP contribution in [0.5, 0.6) is 0 Å². The maximum atomic E-state index is 11.8. The number of terminal acetylenes is 1. The van der Waals surface area contributed by atoms with Crippen LogP contribution in [-0.4, -0.2) is 38.0 Å². The zero-order chi connectivity index (χ0) is 12.7. The Kier molecular flexibility index (Phi) is 5.25. The summed E-state index contributed by atoms with van der Waals surface area (Å²) in [5.74, 6) is 2.45. The molecule has 0 saturated carbocycles. The van der Waals surface area contributed by atoms with Crippen molar-refractivity contribution in [3.63, 3.8) is 0 Å². The molecule has 0 aromatic heterocycles. The van der Waals surface area contributed by atoms with Crippen molar-refractivity contribution in [3.8, 4) is 12.3 Å². The number of benzene rings is 1. The molecule has 1 aromatic carbocycles. The van der Waals surface area contributed by atoms with Crippen LogP contribution in [0.2, 0.25) is 0 Å². The maximum absolute atomic E-state index is 11.8. The first-order valence-corrected chi connectivity index (χ1v) is 5.63. The molecule has 0 spiro atoms.